The molecule has 0 fully saturated rings. The van der Waals surface area contributed by atoms with Crippen LogP contribution < -0.4 is 5.63 Å². The van der Waals surface area contributed by atoms with E-state index in [1.54, 1.807) is 18.2 Å². The number of aromatic nitrogens is 1. The zero-order valence-electron chi connectivity index (χ0n) is 12.8. The molecule has 5 nitrogen and oxygen atoms in total. The minimum atomic E-state index is -0.656. The molecular weight excluding hydrogens is 306 g/mol. The fourth-order valence-corrected chi connectivity index (χ4v) is 2.66. The summed E-state index contributed by atoms with van der Waals surface area (Å²) in [5, 5.41) is 14.9. The first-order valence-electron chi connectivity index (χ1n) is 7.42. The van der Waals surface area contributed by atoms with Crippen LogP contribution >= 0.6 is 0 Å². The van der Waals surface area contributed by atoms with Gasteiger partial charge in [-0.25, -0.2) is 4.79 Å². The summed E-state index contributed by atoms with van der Waals surface area (Å²) in [5.41, 5.74) is 1.69. The molecular formula is C19H13NO4. The van der Waals surface area contributed by atoms with Gasteiger partial charge in [-0.1, -0.05) is 47.1 Å². The lowest BCUT2D eigenvalue weighted by atomic mass is 10.1. The number of nitrogens with zero attached hydrogens (tertiary/aromatic N) is 1. The van der Waals surface area contributed by atoms with Gasteiger partial charge in [-0.2, -0.15) is 0 Å². The van der Waals surface area contributed by atoms with Gasteiger partial charge in [0.2, 0.25) is 0 Å². The molecule has 0 aliphatic carbocycles. The van der Waals surface area contributed by atoms with Crippen molar-refractivity contribution in [3.63, 3.8) is 0 Å². The number of hydrogen-bond donors (Lipinski definition) is 1. The van der Waals surface area contributed by atoms with Crippen LogP contribution in [0.1, 0.15) is 5.56 Å². The van der Waals surface area contributed by atoms with Crippen molar-refractivity contribution < 1.29 is 14.0 Å². The van der Waals surface area contributed by atoms with Gasteiger partial charge in [0.05, 0.1) is 5.39 Å². The molecule has 0 aliphatic heterocycles. The minimum absolute atomic E-state index is 0.000897. The van der Waals surface area contributed by atoms with E-state index in [9.17, 15) is 9.90 Å². The maximum Gasteiger partial charge on any atom is 0.349 e. The summed E-state index contributed by atoms with van der Waals surface area (Å²) in [6.45, 7) is 1.90. The summed E-state index contributed by atoms with van der Waals surface area (Å²) in [5.74, 6) is 0.353. The summed E-state index contributed by atoms with van der Waals surface area (Å²) in [6, 6.07) is 16.2. The van der Waals surface area contributed by atoms with Gasteiger partial charge in [-0.15, -0.1) is 0 Å². The van der Waals surface area contributed by atoms with Crippen LogP contribution in [0.25, 0.3) is 33.6 Å². The van der Waals surface area contributed by atoms with E-state index in [2.05, 4.69) is 5.16 Å². The number of benzene rings is 2. The smallest absolute Gasteiger partial charge is 0.349 e. The van der Waals surface area contributed by atoms with E-state index >= 15 is 0 Å². The Balaban J connectivity index is 1.91. The average Bonchev–Trinajstić information content (AvgIpc) is 3.06. The van der Waals surface area contributed by atoms with Crippen LogP contribution in [0.15, 0.2) is 68.3 Å². The van der Waals surface area contributed by atoms with Crippen molar-refractivity contribution in [2.24, 2.45) is 0 Å². The van der Waals surface area contributed by atoms with E-state index in [-0.39, 0.29) is 17.0 Å². The molecule has 0 saturated heterocycles. The van der Waals surface area contributed by atoms with Gasteiger partial charge >= 0.3 is 5.63 Å². The molecule has 0 radical (unpaired) electrons. The molecule has 0 spiro atoms. The first-order chi connectivity index (χ1) is 11.6. The third-order valence-corrected chi connectivity index (χ3v) is 3.86. The van der Waals surface area contributed by atoms with E-state index < -0.39 is 5.63 Å². The highest BCUT2D eigenvalue weighted by Crippen LogP contribution is 2.34. The fourth-order valence-electron chi connectivity index (χ4n) is 2.66. The first kappa shape index (κ1) is 14.3. The molecule has 118 valence electrons. The largest absolute Gasteiger partial charge is 0.506 e. The van der Waals surface area contributed by atoms with E-state index in [0.717, 1.165) is 11.1 Å². The van der Waals surface area contributed by atoms with Crippen LogP contribution in [0.4, 0.5) is 0 Å². The first-order valence-corrected chi connectivity index (χ1v) is 7.42. The molecule has 2 aromatic heterocycles. The molecule has 5 heteroatoms. The Labute approximate surface area is 136 Å². The van der Waals surface area contributed by atoms with Crippen LogP contribution in [0.5, 0.6) is 5.75 Å². The van der Waals surface area contributed by atoms with Crippen molar-refractivity contribution in [1.82, 2.24) is 5.16 Å². The maximum atomic E-state index is 12.3. The summed E-state index contributed by atoms with van der Waals surface area (Å²) >= 11 is 0. The zero-order valence-corrected chi connectivity index (χ0v) is 12.8. The van der Waals surface area contributed by atoms with E-state index in [0.29, 0.717) is 16.7 Å². The summed E-state index contributed by atoms with van der Waals surface area (Å²) in [6.07, 6.45) is 0. The molecule has 0 atom stereocenters. The van der Waals surface area contributed by atoms with Crippen LogP contribution in [0.2, 0.25) is 0 Å². The number of aromatic hydroxyl groups is 1. The Morgan fingerprint density at radius 1 is 1.04 bits per heavy atom. The Morgan fingerprint density at radius 2 is 1.83 bits per heavy atom. The van der Waals surface area contributed by atoms with Gasteiger partial charge in [-0.3, -0.25) is 0 Å². The highest BCUT2D eigenvalue weighted by Gasteiger charge is 2.20. The van der Waals surface area contributed by atoms with Crippen molar-refractivity contribution in [1.29, 1.82) is 0 Å². The molecule has 0 saturated carbocycles. The Hall–Kier alpha value is -3.34. The maximum absolute atomic E-state index is 12.3. The number of fused-ring (bicyclic) bond motifs is 1. The van der Waals surface area contributed by atoms with Gasteiger partial charge in [0, 0.05) is 11.6 Å². The normalized spacial score (nSPS) is 11.0. The quantitative estimate of drug-likeness (QED) is 0.562. The molecule has 0 bridgehead atoms. The number of aryl methyl sites for hydroxylation is 1. The minimum Gasteiger partial charge on any atom is -0.506 e. The molecule has 24 heavy (non-hydrogen) atoms. The van der Waals surface area contributed by atoms with Gasteiger partial charge in [0.15, 0.2) is 5.76 Å². The van der Waals surface area contributed by atoms with Crippen LogP contribution in [0, 0.1) is 6.92 Å². The second-order valence-corrected chi connectivity index (χ2v) is 5.56. The molecule has 1 N–H and O–H groups in total. The van der Waals surface area contributed by atoms with Gasteiger partial charge in [0.25, 0.3) is 0 Å². The molecule has 4 rings (SSSR count). The van der Waals surface area contributed by atoms with E-state index in [1.807, 2.05) is 43.3 Å². The molecule has 2 aromatic carbocycles. The third-order valence-electron chi connectivity index (χ3n) is 3.86. The Morgan fingerprint density at radius 3 is 2.62 bits per heavy atom. The van der Waals surface area contributed by atoms with Crippen molar-refractivity contribution in [3.8, 4) is 28.3 Å². The Kier molecular flexibility index (Phi) is 3.20. The van der Waals surface area contributed by atoms with Gasteiger partial charge in [-0.05, 0) is 19.1 Å². The van der Waals surface area contributed by atoms with Gasteiger partial charge in [0.1, 0.15) is 22.6 Å². The van der Waals surface area contributed by atoms with Crippen molar-refractivity contribution in [3.05, 3.63) is 70.6 Å². The lowest BCUT2D eigenvalue weighted by Crippen LogP contribution is -2.03. The predicted octanol–water partition coefficient (Wildman–Crippen LogP) is 4.13. The average molecular weight is 319 g/mol. The van der Waals surface area contributed by atoms with Crippen molar-refractivity contribution >= 4 is 11.0 Å². The lowest BCUT2D eigenvalue weighted by molar-refractivity contribution is 0.431. The highest BCUT2D eigenvalue weighted by atomic mass is 16.5. The summed E-state index contributed by atoms with van der Waals surface area (Å²) < 4.78 is 10.6. The molecule has 0 aliphatic rings. The topological polar surface area (TPSA) is 76.5 Å². The fraction of sp³-hybridized carbons (Fsp3) is 0.0526. The van der Waals surface area contributed by atoms with Crippen LogP contribution in [-0.4, -0.2) is 10.3 Å². The number of hydrogen-bond acceptors (Lipinski definition) is 5. The van der Waals surface area contributed by atoms with Crippen molar-refractivity contribution in [2.75, 3.05) is 0 Å². The van der Waals surface area contributed by atoms with E-state index in [1.165, 1.54) is 0 Å². The lowest BCUT2D eigenvalue weighted by Gasteiger charge is -2.04. The monoisotopic (exact) mass is 319 g/mol. The van der Waals surface area contributed by atoms with Crippen LogP contribution in [0.3, 0.4) is 0 Å². The molecule has 4 aromatic rings. The summed E-state index contributed by atoms with van der Waals surface area (Å²) in [7, 11) is 0. The standard InChI is InChI=1S/C19H13NO4/c1-11-7-8-15-13(9-11)18(21)17(19(22)23-15)14-10-16(24-20-14)12-5-3-2-4-6-12/h2-10,21H,1H3. The van der Waals surface area contributed by atoms with Crippen LogP contribution in [-0.2, 0) is 0 Å². The number of rotatable bonds is 2. The zero-order chi connectivity index (χ0) is 16.7. The Bertz CT molecular complexity index is 1090. The van der Waals surface area contributed by atoms with Gasteiger partial charge < -0.3 is 14.0 Å². The SMILES string of the molecule is Cc1ccc2oc(=O)c(-c3cc(-c4ccccc4)on3)c(O)c2c1. The van der Waals surface area contributed by atoms with Crippen molar-refractivity contribution in [2.45, 2.75) is 6.92 Å². The highest BCUT2D eigenvalue weighted by molar-refractivity contribution is 5.90. The molecule has 2 heterocycles. The summed E-state index contributed by atoms with van der Waals surface area (Å²) in [4.78, 5) is 12.3. The molecule has 0 amide bonds. The second-order valence-electron chi connectivity index (χ2n) is 5.56. The predicted molar refractivity (Wildman–Crippen MR) is 89.8 cm³/mol. The third kappa shape index (κ3) is 2.27. The molecule has 0 unspecified atom stereocenters. The second kappa shape index (κ2) is 5.38. The van der Waals surface area contributed by atoms with E-state index in [4.69, 9.17) is 8.94 Å².